The fourth-order valence-electron chi connectivity index (χ4n) is 3.78. The largest absolute Gasteiger partial charge is 0.480 e. The van der Waals surface area contributed by atoms with Crippen LogP contribution in [0.3, 0.4) is 0 Å². The summed E-state index contributed by atoms with van der Waals surface area (Å²) in [4.78, 5) is 27.9. The Morgan fingerprint density at radius 2 is 1.95 bits per heavy atom. The second-order valence-corrected chi connectivity index (χ2v) is 6.38. The maximum Gasteiger partial charge on any atom is 0.319 e. The summed E-state index contributed by atoms with van der Waals surface area (Å²) in [6.07, 6.45) is 4.38. The summed E-state index contributed by atoms with van der Waals surface area (Å²) in [7, 11) is 2.16. The summed E-state index contributed by atoms with van der Waals surface area (Å²) in [6.45, 7) is 2.62. The van der Waals surface area contributed by atoms with Crippen molar-refractivity contribution in [2.45, 2.75) is 38.1 Å². The first-order chi connectivity index (χ1) is 9.04. The number of rotatable bonds is 2. The molecule has 1 saturated carbocycles. The van der Waals surface area contributed by atoms with Gasteiger partial charge in [0.1, 0.15) is 5.41 Å². The quantitative estimate of drug-likeness (QED) is 0.751. The van der Waals surface area contributed by atoms with Gasteiger partial charge in [0.25, 0.3) is 0 Å². The molecule has 5 nitrogen and oxygen atoms in total. The summed E-state index contributed by atoms with van der Waals surface area (Å²) in [5.74, 6) is -0.534. The summed E-state index contributed by atoms with van der Waals surface area (Å²) in [5.41, 5.74) is -1.06. The van der Waals surface area contributed by atoms with Gasteiger partial charge in [-0.3, -0.25) is 9.59 Å². The number of carboxylic acid groups (broad SMARTS) is 1. The van der Waals surface area contributed by atoms with Crippen molar-refractivity contribution in [3.63, 3.8) is 0 Å². The minimum atomic E-state index is -1.06. The lowest BCUT2D eigenvalue weighted by Crippen LogP contribution is -2.55. The minimum Gasteiger partial charge on any atom is -0.480 e. The maximum atomic E-state index is 12.4. The number of nitrogens with zero attached hydrogens (tertiary/aromatic N) is 2. The summed E-state index contributed by atoms with van der Waals surface area (Å²) < 4.78 is 0. The van der Waals surface area contributed by atoms with E-state index in [0.717, 1.165) is 26.1 Å². The van der Waals surface area contributed by atoms with Gasteiger partial charge in [-0.05, 0) is 51.6 Å². The lowest BCUT2D eigenvalue weighted by Gasteiger charge is -2.46. The van der Waals surface area contributed by atoms with Gasteiger partial charge in [0.2, 0.25) is 5.91 Å². The van der Waals surface area contributed by atoms with Crippen LogP contribution in [0.1, 0.15) is 32.1 Å². The van der Waals surface area contributed by atoms with E-state index in [-0.39, 0.29) is 5.91 Å². The molecular formula is C14H22N2O3. The standard InChI is InChI=1S/C14H22N2O3/c1-15-7-2-3-10-9-16(8-4-11(10)15)12(17)14(5-6-14)13(18)19/h10-11H,2-9H2,1H3,(H,18,19). The molecule has 0 radical (unpaired) electrons. The van der Waals surface area contributed by atoms with Crippen molar-refractivity contribution in [2.75, 3.05) is 26.7 Å². The first-order valence-corrected chi connectivity index (χ1v) is 7.27. The van der Waals surface area contributed by atoms with Crippen molar-refractivity contribution in [3.8, 4) is 0 Å². The molecule has 19 heavy (non-hydrogen) atoms. The van der Waals surface area contributed by atoms with Gasteiger partial charge >= 0.3 is 5.97 Å². The van der Waals surface area contributed by atoms with Gasteiger partial charge in [-0.25, -0.2) is 0 Å². The zero-order valence-corrected chi connectivity index (χ0v) is 11.5. The molecule has 0 aromatic heterocycles. The number of carbonyl (C=O) groups excluding carboxylic acids is 1. The number of piperidine rings is 2. The van der Waals surface area contributed by atoms with E-state index in [2.05, 4.69) is 11.9 Å². The Morgan fingerprint density at radius 1 is 1.21 bits per heavy atom. The lowest BCUT2D eigenvalue weighted by molar-refractivity contribution is -0.155. The van der Waals surface area contributed by atoms with Crippen LogP contribution in [-0.2, 0) is 9.59 Å². The Kier molecular flexibility index (Phi) is 3.04. The number of hydrogen-bond donors (Lipinski definition) is 1. The Morgan fingerprint density at radius 3 is 2.58 bits per heavy atom. The average Bonchev–Trinajstić information content (AvgIpc) is 3.19. The number of carbonyl (C=O) groups is 2. The molecule has 1 N–H and O–H groups in total. The average molecular weight is 266 g/mol. The van der Waals surface area contributed by atoms with Gasteiger partial charge in [0.15, 0.2) is 0 Å². The van der Waals surface area contributed by atoms with Crippen molar-refractivity contribution in [1.82, 2.24) is 9.80 Å². The van der Waals surface area contributed by atoms with Crippen molar-refractivity contribution in [2.24, 2.45) is 11.3 Å². The normalized spacial score (nSPS) is 33.6. The highest BCUT2D eigenvalue weighted by Gasteiger charge is 2.59. The van der Waals surface area contributed by atoms with Crippen molar-refractivity contribution >= 4 is 11.9 Å². The second-order valence-electron chi connectivity index (χ2n) is 6.38. The third-order valence-corrected chi connectivity index (χ3v) is 5.20. The second kappa shape index (κ2) is 4.47. The van der Waals surface area contributed by atoms with Crippen LogP contribution in [0.2, 0.25) is 0 Å². The molecule has 2 saturated heterocycles. The predicted molar refractivity (Wildman–Crippen MR) is 69.6 cm³/mol. The summed E-state index contributed by atoms with van der Waals surface area (Å²) in [6, 6.07) is 0.581. The van der Waals surface area contributed by atoms with E-state index in [0.29, 0.717) is 24.8 Å². The van der Waals surface area contributed by atoms with E-state index in [9.17, 15) is 14.7 Å². The van der Waals surface area contributed by atoms with Gasteiger partial charge in [0.05, 0.1) is 0 Å². The molecule has 1 amide bonds. The smallest absolute Gasteiger partial charge is 0.319 e. The third kappa shape index (κ3) is 2.04. The van der Waals surface area contributed by atoms with Gasteiger partial charge in [-0.1, -0.05) is 0 Å². The van der Waals surface area contributed by atoms with Gasteiger partial charge in [-0.2, -0.15) is 0 Å². The summed E-state index contributed by atoms with van der Waals surface area (Å²) >= 11 is 0. The Labute approximate surface area is 113 Å². The van der Waals surface area contributed by atoms with Crippen LogP contribution < -0.4 is 0 Å². The molecule has 2 aliphatic heterocycles. The van der Waals surface area contributed by atoms with Gasteiger partial charge in [-0.15, -0.1) is 0 Å². The van der Waals surface area contributed by atoms with E-state index in [1.165, 1.54) is 12.8 Å². The van der Waals surface area contributed by atoms with Gasteiger partial charge in [0, 0.05) is 19.1 Å². The van der Waals surface area contributed by atoms with Crippen LogP contribution in [0, 0.1) is 11.3 Å². The molecule has 5 heteroatoms. The molecule has 2 unspecified atom stereocenters. The fraction of sp³-hybridized carbons (Fsp3) is 0.857. The Balaban J connectivity index is 1.68. The van der Waals surface area contributed by atoms with Crippen LogP contribution in [-0.4, -0.2) is 59.5 Å². The third-order valence-electron chi connectivity index (χ3n) is 5.20. The number of amides is 1. The molecule has 1 aliphatic carbocycles. The first-order valence-electron chi connectivity index (χ1n) is 7.27. The number of likely N-dealkylation sites (tertiary alicyclic amines) is 2. The van der Waals surface area contributed by atoms with Crippen molar-refractivity contribution in [1.29, 1.82) is 0 Å². The van der Waals surface area contributed by atoms with Crippen LogP contribution in [0.25, 0.3) is 0 Å². The topological polar surface area (TPSA) is 60.9 Å². The van der Waals surface area contributed by atoms with E-state index in [1.54, 1.807) is 0 Å². The van der Waals surface area contributed by atoms with Crippen LogP contribution in [0.15, 0.2) is 0 Å². The van der Waals surface area contributed by atoms with Crippen molar-refractivity contribution < 1.29 is 14.7 Å². The van der Waals surface area contributed by atoms with Crippen LogP contribution in [0.5, 0.6) is 0 Å². The molecule has 106 valence electrons. The van der Waals surface area contributed by atoms with Crippen LogP contribution in [0.4, 0.5) is 0 Å². The monoisotopic (exact) mass is 266 g/mol. The van der Waals surface area contributed by atoms with Crippen molar-refractivity contribution in [3.05, 3.63) is 0 Å². The number of carboxylic acids is 1. The predicted octanol–water partition coefficient (Wildman–Crippen LogP) is 0.794. The Hall–Kier alpha value is -1.10. The molecule has 2 heterocycles. The molecule has 0 aromatic rings. The van der Waals surface area contributed by atoms with E-state index >= 15 is 0 Å². The zero-order valence-electron chi connectivity index (χ0n) is 11.5. The molecule has 0 spiro atoms. The number of aliphatic carboxylic acids is 1. The zero-order chi connectivity index (χ0) is 13.6. The highest BCUT2D eigenvalue weighted by molar-refractivity contribution is 6.04. The molecular weight excluding hydrogens is 244 g/mol. The fourth-order valence-corrected chi connectivity index (χ4v) is 3.78. The van der Waals surface area contributed by atoms with Gasteiger partial charge < -0.3 is 14.9 Å². The number of fused-ring (bicyclic) bond motifs is 1. The molecule has 0 aromatic carbocycles. The van der Waals surface area contributed by atoms with E-state index in [1.807, 2.05) is 4.90 Å². The first kappa shape index (κ1) is 12.9. The van der Waals surface area contributed by atoms with Crippen LogP contribution >= 0.6 is 0 Å². The molecule has 3 fully saturated rings. The SMILES string of the molecule is CN1CCCC2CN(C(=O)C3(C(=O)O)CC3)CCC21. The molecule has 3 aliphatic rings. The lowest BCUT2D eigenvalue weighted by atomic mass is 9.83. The maximum absolute atomic E-state index is 12.4. The summed E-state index contributed by atoms with van der Waals surface area (Å²) in [5, 5.41) is 9.22. The number of hydrogen-bond acceptors (Lipinski definition) is 3. The highest BCUT2D eigenvalue weighted by atomic mass is 16.4. The van der Waals surface area contributed by atoms with E-state index < -0.39 is 11.4 Å². The Bertz CT molecular complexity index is 405. The molecule has 2 atom stereocenters. The molecule has 0 bridgehead atoms. The molecule has 3 rings (SSSR count). The highest BCUT2D eigenvalue weighted by Crippen LogP contribution is 2.48. The minimum absolute atomic E-state index is 0.133. The van der Waals surface area contributed by atoms with E-state index in [4.69, 9.17) is 0 Å².